The Morgan fingerprint density at radius 2 is 1.62 bits per heavy atom. The van der Waals surface area contributed by atoms with Crippen molar-refractivity contribution in [3.63, 3.8) is 0 Å². The third-order valence-electron chi connectivity index (χ3n) is 20.4. The van der Waals surface area contributed by atoms with Crippen LogP contribution in [-0.4, -0.2) is 103 Å². The fourth-order valence-corrected chi connectivity index (χ4v) is 18.8. The van der Waals surface area contributed by atoms with Crippen LogP contribution in [0.2, 0.25) is 0 Å². The van der Waals surface area contributed by atoms with E-state index in [0.29, 0.717) is 75.2 Å². The van der Waals surface area contributed by atoms with Gasteiger partial charge in [0.25, 0.3) is 0 Å². The quantitative estimate of drug-likeness (QED) is 0.0410. The fourth-order valence-electron chi connectivity index (χ4n) is 16.3. The molecular weight excluding hydrogens is 1040 g/mol. The lowest BCUT2D eigenvalue weighted by atomic mass is 9.48. The van der Waals surface area contributed by atoms with E-state index in [1.54, 1.807) is 21.6 Å². The number of benzene rings is 3. The molecule has 0 amide bonds. The number of hydrogen-bond donors (Lipinski definition) is 10. The van der Waals surface area contributed by atoms with Gasteiger partial charge in [-0.1, -0.05) is 138 Å². The summed E-state index contributed by atoms with van der Waals surface area (Å²) in [4.78, 5) is 3.38. The van der Waals surface area contributed by atoms with Gasteiger partial charge in [0.15, 0.2) is 11.5 Å². The number of hydrogen-bond acceptors (Lipinski definition) is 12. The highest BCUT2D eigenvalue weighted by Crippen LogP contribution is 2.61. The second-order valence-corrected chi connectivity index (χ2v) is 27.3. The topological polar surface area (TPSA) is 205 Å². The minimum absolute atomic E-state index is 0.0292. The molecule has 5 aliphatic carbocycles. The van der Waals surface area contributed by atoms with Gasteiger partial charge in [0, 0.05) is 77.8 Å². The van der Waals surface area contributed by atoms with Crippen LogP contribution in [0, 0.1) is 58.7 Å². The summed E-state index contributed by atoms with van der Waals surface area (Å²) in [6.07, 6.45) is 12.8. The highest BCUT2D eigenvalue weighted by molar-refractivity contribution is 8.76. The standard InChI is InChI=1S/C67H85N3O8S2/c1-2-41-27-44-30-59(75)61(78-62-31-45(28-49-17-12-25-69-49)51-21-26-70-65(68)56(51)40-80-79-39-46(37-71)64(62)77)34-53(44)54-33-60(76)63-43(29-52(41)54)20-24-66(35-50(73)18-19-58(63)74)36-55(42-13-6-3-7-14-42)57(32-48(66)38-72)67(22-10-5-11-23-67)47-15-8-4-9-16-47/h3-4,6-9,12-17,21,25,29-30,34,41,43,45-46,48,50,54-55,57-58,60,62-64,69-77H,2,5,10-11,18-19,22-23,26-28,31-33,35-40,68H2,1H3/t41-,43+,45+,46+,48+,50-,54-,55-,57-,58+,60-,62-,63-,64-,66-/m1/s1. The van der Waals surface area contributed by atoms with Gasteiger partial charge in [-0.2, -0.15) is 0 Å². The van der Waals surface area contributed by atoms with Gasteiger partial charge >= 0.3 is 0 Å². The molecular formula is C67H85N3O8S2. The zero-order chi connectivity index (χ0) is 55.5. The third-order valence-corrected chi connectivity index (χ3v) is 22.8. The summed E-state index contributed by atoms with van der Waals surface area (Å²) in [5.41, 5.74) is 14.8. The summed E-state index contributed by atoms with van der Waals surface area (Å²) in [5, 5.41) is 87.4. The van der Waals surface area contributed by atoms with Gasteiger partial charge in [0.2, 0.25) is 0 Å². The van der Waals surface area contributed by atoms with E-state index >= 15 is 0 Å². The molecule has 0 bridgehead atoms. The molecule has 15 atom stereocenters. The molecule has 0 radical (unpaired) electrons. The van der Waals surface area contributed by atoms with Crippen molar-refractivity contribution in [1.82, 2.24) is 10.3 Å². The second-order valence-electron chi connectivity index (χ2n) is 24.8. The Kier molecular flexibility index (Phi) is 17.9. The molecule has 7 aliphatic rings. The molecule has 2 saturated carbocycles. The number of dihydropyridines is 1. The van der Waals surface area contributed by atoms with Gasteiger partial charge < -0.3 is 56.5 Å². The maximum Gasteiger partial charge on any atom is 0.161 e. The largest absolute Gasteiger partial charge is 0.504 e. The number of phenols is 1. The van der Waals surface area contributed by atoms with Crippen LogP contribution < -0.4 is 15.8 Å². The Balaban J connectivity index is 0.972. The molecule has 4 aromatic rings. The zero-order valence-corrected chi connectivity index (χ0v) is 48.1. The number of nitrogens with one attached hydrogen (secondary N) is 2. The maximum absolute atomic E-state index is 12.8. The minimum atomic E-state index is -1.08. The van der Waals surface area contributed by atoms with E-state index in [-0.39, 0.29) is 65.6 Å². The van der Waals surface area contributed by atoms with Crippen molar-refractivity contribution in [1.29, 1.82) is 0 Å². The first-order chi connectivity index (χ1) is 38.9. The van der Waals surface area contributed by atoms with Crippen LogP contribution in [0.25, 0.3) is 0 Å². The van der Waals surface area contributed by atoms with Gasteiger partial charge in [-0.25, -0.2) is 0 Å². The van der Waals surface area contributed by atoms with Crippen LogP contribution in [0.4, 0.5) is 0 Å². The summed E-state index contributed by atoms with van der Waals surface area (Å²) >= 11 is 0. The lowest BCUT2D eigenvalue weighted by Crippen LogP contribution is -2.50. The number of aromatic nitrogens is 1. The van der Waals surface area contributed by atoms with E-state index in [2.05, 4.69) is 108 Å². The molecule has 13 heteroatoms. The van der Waals surface area contributed by atoms with Crippen LogP contribution >= 0.6 is 21.6 Å². The van der Waals surface area contributed by atoms with E-state index in [1.165, 1.54) is 17.5 Å². The molecule has 11 N–H and O–H groups in total. The first kappa shape index (κ1) is 57.2. The normalized spacial score (nSPS) is 34.7. The minimum Gasteiger partial charge on any atom is -0.504 e. The lowest BCUT2D eigenvalue weighted by Gasteiger charge is -2.56. The molecule has 0 unspecified atom stereocenters. The van der Waals surface area contributed by atoms with Crippen LogP contribution in [0.15, 0.2) is 126 Å². The van der Waals surface area contributed by atoms with Crippen LogP contribution in [0.3, 0.4) is 0 Å². The SMILES string of the molecule is CC[C@@H]1Cc2cc(O)c(O[C@@H]3C[C@H](Cc4ccc[nH]4)C4=CCNC(N)=C4CSSC[C@H](CO)[C@H]3O)cc2[C@@H]2C[C@@H](O)[C@@H]3[C@@H](C#C[C@@]4(C[C@H](O)CC[C@@H]3O)C[C@H](c3ccccc3)[C@H](C3(c5ccccc5)CCCCC3)C[C@H]4CO)C=C12. The van der Waals surface area contributed by atoms with Crippen molar-refractivity contribution in [2.24, 2.45) is 52.6 Å². The number of rotatable bonds is 10. The number of phenolic OH excluding ortho intramolecular Hbond substituents is 1. The van der Waals surface area contributed by atoms with Crippen LogP contribution in [-0.2, 0) is 18.3 Å². The Morgan fingerprint density at radius 3 is 2.36 bits per heavy atom. The first-order valence-corrected chi connectivity index (χ1v) is 32.5. The number of ether oxygens (including phenoxy) is 1. The third kappa shape index (κ3) is 11.6. The molecule has 3 heterocycles. The van der Waals surface area contributed by atoms with E-state index in [1.807, 2.05) is 24.4 Å². The number of aliphatic hydroxyl groups excluding tert-OH is 6. The van der Waals surface area contributed by atoms with E-state index in [9.17, 15) is 35.7 Å². The monoisotopic (exact) mass is 1120 g/mol. The number of aliphatic hydroxyl groups is 6. The fraction of sp³-hybridized carbons (Fsp3) is 0.552. The predicted molar refractivity (Wildman–Crippen MR) is 320 cm³/mol. The van der Waals surface area contributed by atoms with Crippen molar-refractivity contribution in [2.75, 3.05) is 31.3 Å². The Hall–Kier alpha value is -4.62. The molecule has 1 spiro atoms. The summed E-state index contributed by atoms with van der Waals surface area (Å²) < 4.78 is 6.99. The van der Waals surface area contributed by atoms with Crippen molar-refractivity contribution < 1.29 is 40.5 Å². The van der Waals surface area contributed by atoms with Crippen LogP contribution in [0.5, 0.6) is 11.5 Å². The lowest BCUT2D eigenvalue weighted by molar-refractivity contribution is -0.0338. The second kappa shape index (κ2) is 25.1. The number of nitrogens with two attached hydrogens (primary N) is 1. The summed E-state index contributed by atoms with van der Waals surface area (Å²) in [6, 6.07) is 29.8. The number of allylic oxidation sites excluding steroid dienone is 3. The molecule has 1 aromatic heterocycles. The van der Waals surface area contributed by atoms with Gasteiger partial charge in [-0.3, -0.25) is 0 Å². The Labute approximate surface area is 481 Å². The van der Waals surface area contributed by atoms with Gasteiger partial charge in [-0.05, 0) is 164 Å². The zero-order valence-electron chi connectivity index (χ0n) is 46.5. The average Bonchev–Trinajstić information content (AvgIpc) is 4.06. The highest BCUT2D eigenvalue weighted by atomic mass is 33.1. The number of fused-ring (bicyclic) bond motifs is 5. The van der Waals surface area contributed by atoms with Gasteiger partial charge in [-0.15, -0.1) is 0 Å². The number of aromatic amines is 1. The smallest absolute Gasteiger partial charge is 0.161 e. The summed E-state index contributed by atoms with van der Waals surface area (Å²) in [5.74, 6) is 7.84. The van der Waals surface area contributed by atoms with Crippen molar-refractivity contribution in [2.45, 2.75) is 151 Å². The van der Waals surface area contributed by atoms with Crippen molar-refractivity contribution in [3.05, 3.63) is 154 Å². The van der Waals surface area contributed by atoms with E-state index in [0.717, 1.165) is 72.1 Å². The number of aromatic hydroxyl groups is 1. The van der Waals surface area contributed by atoms with Crippen molar-refractivity contribution >= 4 is 21.6 Å². The Bertz CT molecular complexity index is 2900. The molecule has 1 saturated heterocycles. The first-order valence-electron chi connectivity index (χ1n) is 30.0. The molecule has 2 aliphatic heterocycles. The van der Waals surface area contributed by atoms with E-state index < -0.39 is 53.7 Å². The predicted octanol–water partition coefficient (Wildman–Crippen LogP) is 9.97. The number of H-pyrrole nitrogens is 1. The molecule has 80 heavy (non-hydrogen) atoms. The Morgan fingerprint density at radius 1 is 0.838 bits per heavy atom. The van der Waals surface area contributed by atoms with Gasteiger partial charge in [0.05, 0.1) is 24.4 Å². The molecule has 11 rings (SSSR count). The highest BCUT2D eigenvalue weighted by Gasteiger charge is 2.55. The van der Waals surface area contributed by atoms with Crippen LogP contribution in [0.1, 0.15) is 130 Å². The maximum atomic E-state index is 12.8. The molecule has 11 nitrogen and oxygen atoms in total. The van der Waals surface area contributed by atoms with Gasteiger partial charge in [0.1, 0.15) is 11.9 Å². The average molecular weight is 1120 g/mol. The summed E-state index contributed by atoms with van der Waals surface area (Å²) in [6.45, 7) is 2.47. The van der Waals surface area contributed by atoms with Crippen molar-refractivity contribution in [3.8, 4) is 23.3 Å². The summed E-state index contributed by atoms with van der Waals surface area (Å²) in [7, 11) is 3.25. The molecule has 428 valence electrons. The molecule has 3 aromatic carbocycles. The molecule has 3 fully saturated rings. The van der Waals surface area contributed by atoms with E-state index in [4.69, 9.17) is 10.5 Å².